The van der Waals surface area contributed by atoms with E-state index in [-0.39, 0.29) is 18.3 Å². The van der Waals surface area contributed by atoms with Crippen LogP contribution in [0.25, 0.3) is 0 Å². The summed E-state index contributed by atoms with van der Waals surface area (Å²) in [7, 11) is 1.60. The Morgan fingerprint density at radius 2 is 2.27 bits per heavy atom. The fourth-order valence-corrected chi connectivity index (χ4v) is 1.53. The Hall–Kier alpha value is -1.26. The average Bonchev–Trinajstić information content (AvgIpc) is 2.19. The molecule has 0 saturated heterocycles. The molecule has 0 saturated carbocycles. The number of methoxy groups -OCH3 is 1. The average molecular weight is 229 g/mol. The van der Waals surface area contributed by atoms with Crippen LogP contribution in [0.4, 0.5) is 5.69 Å². The van der Waals surface area contributed by atoms with Gasteiger partial charge in [-0.2, -0.15) is 0 Å². The van der Waals surface area contributed by atoms with Crippen LogP contribution in [-0.4, -0.2) is 19.1 Å². The second-order valence-corrected chi connectivity index (χ2v) is 3.32. The van der Waals surface area contributed by atoms with Gasteiger partial charge >= 0.3 is 0 Å². The Labute approximate surface area is 94.2 Å². The number of anilines is 1. The van der Waals surface area contributed by atoms with Gasteiger partial charge in [-0.15, -0.1) is 12.4 Å². The maximum absolute atomic E-state index is 11.3. The smallest absolute Gasteiger partial charge is 0.241 e. The molecule has 4 nitrogen and oxygen atoms in total. The molecule has 1 aromatic carbocycles. The molecule has 2 rings (SSSR count). The quantitative estimate of drug-likeness (QED) is 0.752. The first-order valence-corrected chi connectivity index (χ1v) is 4.44. The molecule has 0 bridgehead atoms. The number of carbonyl (C=O) groups excluding carboxylic acids is 1. The summed E-state index contributed by atoms with van der Waals surface area (Å²) in [5, 5.41) is 2.74. The number of nitrogens with two attached hydrogens (primary N) is 1. The van der Waals surface area contributed by atoms with E-state index >= 15 is 0 Å². The Morgan fingerprint density at radius 1 is 1.53 bits per heavy atom. The highest BCUT2D eigenvalue weighted by Crippen LogP contribution is 2.26. The lowest BCUT2D eigenvalue weighted by molar-refractivity contribution is -0.117. The van der Waals surface area contributed by atoms with Crippen molar-refractivity contribution in [3.05, 3.63) is 23.8 Å². The van der Waals surface area contributed by atoms with Gasteiger partial charge in [-0.05, 0) is 18.1 Å². The van der Waals surface area contributed by atoms with Crippen LogP contribution < -0.4 is 15.8 Å². The molecule has 1 aliphatic rings. The lowest BCUT2D eigenvalue weighted by atomic mass is 9.99. The first kappa shape index (κ1) is 11.8. The Morgan fingerprint density at radius 3 is 2.93 bits per heavy atom. The molecule has 1 atom stereocenters. The van der Waals surface area contributed by atoms with Gasteiger partial charge in [0.2, 0.25) is 5.91 Å². The summed E-state index contributed by atoms with van der Waals surface area (Å²) in [6.07, 6.45) is 0.588. The van der Waals surface area contributed by atoms with E-state index in [1.165, 1.54) is 0 Å². The molecule has 1 unspecified atom stereocenters. The molecule has 5 heteroatoms. The van der Waals surface area contributed by atoms with Gasteiger partial charge in [-0.25, -0.2) is 0 Å². The number of halogens is 1. The fourth-order valence-electron chi connectivity index (χ4n) is 1.53. The van der Waals surface area contributed by atoms with Crippen molar-refractivity contribution in [2.24, 2.45) is 5.73 Å². The molecule has 0 radical (unpaired) electrons. The summed E-state index contributed by atoms with van der Waals surface area (Å²) >= 11 is 0. The maximum Gasteiger partial charge on any atom is 0.241 e. The minimum Gasteiger partial charge on any atom is -0.497 e. The Balaban J connectivity index is 0.00000112. The number of hydrogen-bond acceptors (Lipinski definition) is 3. The molecule has 15 heavy (non-hydrogen) atoms. The van der Waals surface area contributed by atoms with Gasteiger partial charge < -0.3 is 15.8 Å². The van der Waals surface area contributed by atoms with Crippen molar-refractivity contribution in [2.45, 2.75) is 12.5 Å². The lowest BCUT2D eigenvalue weighted by Crippen LogP contribution is -2.40. The lowest BCUT2D eigenvalue weighted by Gasteiger charge is -2.21. The fraction of sp³-hybridized carbons (Fsp3) is 0.300. The summed E-state index contributed by atoms with van der Waals surface area (Å²) in [5.41, 5.74) is 7.48. The molecule has 1 aromatic rings. The monoisotopic (exact) mass is 228 g/mol. The van der Waals surface area contributed by atoms with Crippen molar-refractivity contribution in [1.29, 1.82) is 0 Å². The zero-order valence-corrected chi connectivity index (χ0v) is 9.14. The third kappa shape index (κ3) is 2.22. The van der Waals surface area contributed by atoms with Gasteiger partial charge in [0, 0.05) is 11.8 Å². The molecular weight excluding hydrogens is 216 g/mol. The van der Waals surface area contributed by atoms with Crippen molar-refractivity contribution in [3.8, 4) is 5.75 Å². The molecule has 0 aromatic heterocycles. The van der Waals surface area contributed by atoms with Gasteiger partial charge in [0.05, 0.1) is 13.2 Å². The van der Waals surface area contributed by atoms with E-state index in [1.54, 1.807) is 13.2 Å². The van der Waals surface area contributed by atoms with Crippen molar-refractivity contribution in [2.75, 3.05) is 12.4 Å². The molecule has 0 fully saturated rings. The standard InChI is InChI=1S/C10H12N2O2.ClH/c1-14-7-3-2-6-4-8(11)10(13)12-9(6)5-7;/h2-3,5,8H,4,11H2,1H3,(H,12,13);1H. The zero-order chi connectivity index (χ0) is 10.1. The number of rotatable bonds is 1. The third-order valence-corrected chi connectivity index (χ3v) is 2.35. The number of amides is 1. The molecule has 82 valence electrons. The Bertz CT molecular complexity index is 382. The van der Waals surface area contributed by atoms with Crippen LogP contribution in [0, 0.1) is 0 Å². The van der Waals surface area contributed by atoms with Crippen LogP contribution in [0.2, 0.25) is 0 Å². The van der Waals surface area contributed by atoms with E-state index in [0.717, 1.165) is 17.0 Å². The number of fused-ring (bicyclic) bond motifs is 1. The Kier molecular flexibility index (Phi) is 3.55. The van der Waals surface area contributed by atoms with Gasteiger partial charge in [-0.3, -0.25) is 4.79 Å². The predicted octanol–water partition coefficient (Wildman–Crippen LogP) is 0.939. The van der Waals surface area contributed by atoms with Crippen LogP contribution >= 0.6 is 12.4 Å². The van der Waals surface area contributed by atoms with Crippen LogP contribution in [-0.2, 0) is 11.2 Å². The summed E-state index contributed by atoms with van der Waals surface area (Å²) in [5.74, 6) is 0.602. The summed E-state index contributed by atoms with van der Waals surface area (Å²) in [6.45, 7) is 0. The van der Waals surface area contributed by atoms with E-state index in [4.69, 9.17) is 10.5 Å². The number of carbonyl (C=O) groups is 1. The highest BCUT2D eigenvalue weighted by Gasteiger charge is 2.22. The topological polar surface area (TPSA) is 64.3 Å². The summed E-state index contributed by atoms with van der Waals surface area (Å²) < 4.78 is 5.06. The SMILES string of the molecule is COc1ccc2c(c1)NC(=O)C(N)C2.Cl. The molecule has 1 heterocycles. The van der Waals surface area contributed by atoms with Gasteiger partial charge in [0.1, 0.15) is 5.75 Å². The largest absolute Gasteiger partial charge is 0.497 e. The van der Waals surface area contributed by atoms with Gasteiger partial charge in [0.15, 0.2) is 0 Å². The molecule has 0 aliphatic carbocycles. The molecular formula is C10H13ClN2O2. The van der Waals surface area contributed by atoms with E-state index < -0.39 is 6.04 Å². The first-order valence-electron chi connectivity index (χ1n) is 4.44. The van der Waals surface area contributed by atoms with Crippen molar-refractivity contribution >= 4 is 24.0 Å². The van der Waals surface area contributed by atoms with Crippen molar-refractivity contribution in [1.82, 2.24) is 0 Å². The molecule has 3 N–H and O–H groups in total. The highest BCUT2D eigenvalue weighted by molar-refractivity contribution is 5.98. The van der Waals surface area contributed by atoms with Crippen LogP contribution in [0.15, 0.2) is 18.2 Å². The van der Waals surface area contributed by atoms with Gasteiger partial charge in [-0.1, -0.05) is 6.07 Å². The van der Waals surface area contributed by atoms with Crippen molar-refractivity contribution < 1.29 is 9.53 Å². The second kappa shape index (κ2) is 4.51. The minimum absolute atomic E-state index is 0. The van der Waals surface area contributed by atoms with Crippen LogP contribution in [0.1, 0.15) is 5.56 Å². The zero-order valence-electron chi connectivity index (χ0n) is 8.32. The summed E-state index contributed by atoms with van der Waals surface area (Å²) in [4.78, 5) is 11.3. The number of nitrogens with one attached hydrogen (secondary N) is 1. The normalized spacial score (nSPS) is 18.5. The maximum atomic E-state index is 11.3. The van der Waals surface area contributed by atoms with E-state index in [1.807, 2.05) is 12.1 Å². The summed E-state index contributed by atoms with van der Waals surface area (Å²) in [6, 6.07) is 5.16. The number of benzene rings is 1. The second-order valence-electron chi connectivity index (χ2n) is 3.32. The minimum atomic E-state index is -0.434. The molecule has 1 amide bonds. The van der Waals surface area contributed by atoms with E-state index in [9.17, 15) is 4.79 Å². The van der Waals surface area contributed by atoms with E-state index in [2.05, 4.69) is 5.32 Å². The molecule has 1 aliphatic heterocycles. The first-order chi connectivity index (χ1) is 6.70. The molecule has 0 spiro atoms. The van der Waals surface area contributed by atoms with Crippen molar-refractivity contribution in [3.63, 3.8) is 0 Å². The number of ether oxygens (including phenoxy) is 1. The van der Waals surface area contributed by atoms with Crippen LogP contribution in [0.3, 0.4) is 0 Å². The van der Waals surface area contributed by atoms with Gasteiger partial charge in [0.25, 0.3) is 0 Å². The highest BCUT2D eigenvalue weighted by atomic mass is 35.5. The van der Waals surface area contributed by atoms with E-state index in [0.29, 0.717) is 6.42 Å². The number of hydrogen-bond donors (Lipinski definition) is 2. The van der Waals surface area contributed by atoms with Crippen LogP contribution in [0.5, 0.6) is 5.75 Å². The third-order valence-electron chi connectivity index (χ3n) is 2.35. The predicted molar refractivity (Wildman–Crippen MR) is 60.6 cm³/mol.